The second-order valence-electron chi connectivity index (χ2n) is 6.58. The minimum absolute atomic E-state index is 0.0587. The number of aromatic nitrogens is 3. The van der Waals surface area contributed by atoms with Gasteiger partial charge in [-0.25, -0.2) is 4.68 Å². The summed E-state index contributed by atoms with van der Waals surface area (Å²) in [5, 5.41) is 7.67. The van der Waals surface area contributed by atoms with E-state index in [0.29, 0.717) is 12.1 Å². The molecule has 1 aliphatic heterocycles. The summed E-state index contributed by atoms with van der Waals surface area (Å²) < 4.78 is 1.53. The van der Waals surface area contributed by atoms with Gasteiger partial charge in [0, 0.05) is 31.6 Å². The van der Waals surface area contributed by atoms with Gasteiger partial charge in [0.25, 0.3) is 0 Å². The summed E-state index contributed by atoms with van der Waals surface area (Å²) >= 11 is 0. The third-order valence-corrected chi connectivity index (χ3v) is 5.13. The van der Waals surface area contributed by atoms with Crippen LogP contribution in [0.1, 0.15) is 53.2 Å². The molecule has 0 spiro atoms. The minimum atomic E-state index is -0.169. The maximum atomic E-state index is 12.9. The summed E-state index contributed by atoms with van der Waals surface area (Å²) in [5.74, 6) is 0.0679. The zero-order valence-electron chi connectivity index (χ0n) is 13.7. The van der Waals surface area contributed by atoms with Crippen LogP contribution in [-0.2, 0) is 18.3 Å². The zero-order valence-corrected chi connectivity index (χ0v) is 13.7. The van der Waals surface area contributed by atoms with Gasteiger partial charge in [0.1, 0.15) is 5.69 Å². The number of anilines is 1. The SMILES string of the molecule is Cn1nncc1C(=O)C1CCc2ccc(N3CCCCC3=O)cc21. The molecule has 2 aromatic rings. The molecule has 1 atom stereocenters. The number of aryl methyl sites for hydroxylation is 2. The maximum absolute atomic E-state index is 12.9. The number of piperidine rings is 1. The van der Waals surface area contributed by atoms with E-state index >= 15 is 0 Å². The number of nitrogens with zero attached hydrogens (tertiary/aromatic N) is 4. The molecular formula is C18H20N4O2. The van der Waals surface area contributed by atoms with Gasteiger partial charge in [0.05, 0.1) is 6.20 Å². The molecule has 2 aliphatic rings. The minimum Gasteiger partial charge on any atom is -0.312 e. The maximum Gasteiger partial charge on any atom is 0.226 e. The highest BCUT2D eigenvalue weighted by atomic mass is 16.2. The standard InChI is InChI=1S/C18H20N4O2/c1-21-16(11-19-20-21)18(24)14-8-6-12-5-7-13(10-15(12)14)22-9-3-2-4-17(22)23/h5,7,10-11,14H,2-4,6,8-9H2,1H3. The van der Waals surface area contributed by atoms with E-state index in [1.807, 2.05) is 17.0 Å². The van der Waals surface area contributed by atoms with Crippen molar-refractivity contribution in [3.05, 3.63) is 41.2 Å². The van der Waals surface area contributed by atoms with Gasteiger partial charge in [-0.05, 0) is 48.9 Å². The number of benzene rings is 1. The molecule has 24 heavy (non-hydrogen) atoms. The molecule has 1 amide bonds. The number of rotatable bonds is 3. The first-order valence-electron chi connectivity index (χ1n) is 8.47. The third kappa shape index (κ3) is 2.42. The first-order chi connectivity index (χ1) is 11.6. The molecule has 2 heterocycles. The second-order valence-corrected chi connectivity index (χ2v) is 6.58. The molecule has 1 aliphatic carbocycles. The van der Waals surface area contributed by atoms with Crippen LogP contribution >= 0.6 is 0 Å². The second kappa shape index (κ2) is 5.85. The number of Topliss-reactive ketones (excluding diaryl/α,β-unsaturated/α-hetero) is 1. The molecule has 1 aromatic carbocycles. The number of ketones is 1. The number of carbonyl (C=O) groups excluding carboxylic acids is 2. The van der Waals surface area contributed by atoms with Crippen LogP contribution in [0.4, 0.5) is 5.69 Å². The van der Waals surface area contributed by atoms with Crippen LogP contribution in [0.2, 0.25) is 0 Å². The Morgan fingerprint density at radius 1 is 1.25 bits per heavy atom. The van der Waals surface area contributed by atoms with Gasteiger partial charge >= 0.3 is 0 Å². The molecule has 1 fully saturated rings. The number of fused-ring (bicyclic) bond motifs is 1. The molecule has 6 heteroatoms. The van der Waals surface area contributed by atoms with Gasteiger partial charge in [-0.2, -0.15) is 0 Å². The van der Waals surface area contributed by atoms with Crippen LogP contribution in [0.5, 0.6) is 0 Å². The van der Waals surface area contributed by atoms with Crippen molar-refractivity contribution in [3.63, 3.8) is 0 Å². The van der Waals surface area contributed by atoms with Crippen molar-refractivity contribution in [2.45, 2.75) is 38.0 Å². The fourth-order valence-electron chi connectivity index (χ4n) is 3.80. The van der Waals surface area contributed by atoms with Gasteiger partial charge < -0.3 is 4.90 Å². The molecule has 0 bridgehead atoms. The van der Waals surface area contributed by atoms with E-state index < -0.39 is 0 Å². The Hall–Kier alpha value is -2.50. The largest absolute Gasteiger partial charge is 0.312 e. The molecule has 0 radical (unpaired) electrons. The first-order valence-corrected chi connectivity index (χ1v) is 8.47. The molecule has 4 rings (SSSR count). The van der Waals surface area contributed by atoms with Gasteiger partial charge in [-0.15, -0.1) is 5.10 Å². The zero-order chi connectivity index (χ0) is 16.7. The summed E-state index contributed by atoms with van der Waals surface area (Å²) in [6.45, 7) is 0.766. The number of amides is 1. The Morgan fingerprint density at radius 2 is 2.12 bits per heavy atom. The Kier molecular flexibility index (Phi) is 3.67. The van der Waals surface area contributed by atoms with Crippen molar-refractivity contribution in [2.24, 2.45) is 7.05 Å². The Labute approximate surface area is 140 Å². The van der Waals surface area contributed by atoms with Crippen LogP contribution in [0.25, 0.3) is 0 Å². The summed E-state index contributed by atoms with van der Waals surface area (Å²) in [6.07, 6.45) is 5.83. The normalized spacial score (nSPS) is 20.3. The number of hydrogen-bond donors (Lipinski definition) is 0. The molecule has 124 valence electrons. The molecule has 1 aromatic heterocycles. The quantitative estimate of drug-likeness (QED) is 0.812. The average molecular weight is 324 g/mol. The van der Waals surface area contributed by atoms with E-state index in [4.69, 9.17) is 0 Å². The number of carbonyl (C=O) groups is 2. The van der Waals surface area contributed by atoms with Crippen LogP contribution in [0, 0.1) is 0 Å². The van der Waals surface area contributed by atoms with E-state index in [1.165, 1.54) is 16.4 Å². The molecule has 0 N–H and O–H groups in total. The van der Waals surface area contributed by atoms with Crippen molar-refractivity contribution in [3.8, 4) is 0 Å². The van der Waals surface area contributed by atoms with Crippen molar-refractivity contribution < 1.29 is 9.59 Å². The summed E-state index contributed by atoms with van der Waals surface area (Å²) in [7, 11) is 1.74. The van der Waals surface area contributed by atoms with Gasteiger partial charge in [-0.3, -0.25) is 9.59 Å². The summed E-state index contributed by atoms with van der Waals surface area (Å²) in [4.78, 5) is 26.9. The van der Waals surface area contributed by atoms with Crippen LogP contribution < -0.4 is 4.90 Å². The highest BCUT2D eigenvalue weighted by Crippen LogP contribution is 2.38. The fourth-order valence-corrected chi connectivity index (χ4v) is 3.80. The molecular weight excluding hydrogens is 304 g/mol. The molecule has 1 unspecified atom stereocenters. The number of hydrogen-bond acceptors (Lipinski definition) is 4. The lowest BCUT2D eigenvalue weighted by Gasteiger charge is -2.27. The van der Waals surface area contributed by atoms with Crippen molar-refractivity contribution in [1.29, 1.82) is 0 Å². The van der Waals surface area contributed by atoms with E-state index in [-0.39, 0.29) is 17.6 Å². The predicted octanol–water partition coefficient (Wildman–Crippen LogP) is 2.24. The Morgan fingerprint density at radius 3 is 2.88 bits per heavy atom. The lowest BCUT2D eigenvalue weighted by molar-refractivity contribution is -0.119. The highest BCUT2D eigenvalue weighted by Gasteiger charge is 2.32. The van der Waals surface area contributed by atoms with Gasteiger partial charge in [0.15, 0.2) is 5.78 Å². The lowest BCUT2D eigenvalue weighted by atomic mass is 9.94. The molecule has 0 saturated carbocycles. The topological polar surface area (TPSA) is 68.1 Å². The first kappa shape index (κ1) is 15.1. The van der Waals surface area contributed by atoms with Crippen LogP contribution in [0.15, 0.2) is 24.4 Å². The van der Waals surface area contributed by atoms with E-state index in [2.05, 4.69) is 16.4 Å². The monoisotopic (exact) mass is 324 g/mol. The van der Waals surface area contributed by atoms with E-state index in [9.17, 15) is 9.59 Å². The summed E-state index contributed by atoms with van der Waals surface area (Å²) in [6, 6.07) is 6.12. The van der Waals surface area contributed by atoms with E-state index in [0.717, 1.165) is 43.5 Å². The van der Waals surface area contributed by atoms with Crippen LogP contribution in [-0.4, -0.2) is 33.2 Å². The van der Waals surface area contributed by atoms with Gasteiger partial charge in [0.2, 0.25) is 5.91 Å². The fraction of sp³-hybridized carbons (Fsp3) is 0.444. The van der Waals surface area contributed by atoms with Gasteiger partial charge in [-0.1, -0.05) is 11.3 Å². The summed E-state index contributed by atoms with van der Waals surface area (Å²) in [5.41, 5.74) is 3.71. The predicted molar refractivity (Wildman–Crippen MR) is 89.0 cm³/mol. The third-order valence-electron chi connectivity index (χ3n) is 5.13. The van der Waals surface area contributed by atoms with Crippen molar-refractivity contribution in [2.75, 3.05) is 11.4 Å². The molecule has 6 nitrogen and oxygen atoms in total. The Bertz CT molecular complexity index is 811. The van der Waals surface area contributed by atoms with Crippen LogP contribution in [0.3, 0.4) is 0 Å². The van der Waals surface area contributed by atoms with E-state index in [1.54, 1.807) is 7.05 Å². The van der Waals surface area contributed by atoms with Crippen molar-refractivity contribution in [1.82, 2.24) is 15.0 Å². The molecule has 1 saturated heterocycles. The smallest absolute Gasteiger partial charge is 0.226 e. The lowest BCUT2D eigenvalue weighted by Crippen LogP contribution is -2.35. The highest BCUT2D eigenvalue weighted by molar-refractivity contribution is 6.00. The average Bonchev–Trinajstić information content (AvgIpc) is 3.20. The van der Waals surface area contributed by atoms with Crippen molar-refractivity contribution >= 4 is 17.4 Å². The Balaban J connectivity index is 1.67.